The van der Waals surface area contributed by atoms with Gasteiger partial charge in [-0.3, -0.25) is 0 Å². The van der Waals surface area contributed by atoms with Crippen LogP contribution in [0.3, 0.4) is 0 Å². The van der Waals surface area contributed by atoms with Crippen LogP contribution in [0.1, 0.15) is 6.92 Å². The highest BCUT2D eigenvalue weighted by Gasteiger charge is 1.81. The quantitative estimate of drug-likeness (QED) is 0.505. The van der Waals surface area contributed by atoms with E-state index in [9.17, 15) is 0 Å². The second-order valence-corrected chi connectivity index (χ2v) is 1.59. The van der Waals surface area contributed by atoms with Gasteiger partial charge in [0.2, 0.25) is 0 Å². The third-order valence-electron chi connectivity index (χ3n) is 0.732. The summed E-state index contributed by atoms with van der Waals surface area (Å²) in [5, 5.41) is 0. The van der Waals surface area contributed by atoms with Gasteiger partial charge >= 0.3 is 0 Å². The highest BCUT2D eigenvalue weighted by atomic mass is 16.5. The highest BCUT2D eigenvalue weighted by molar-refractivity contribution is 5.13. The van der Waals surface area contributed by atoms with Crippen molar-refractivity contribution in [3.63, 3.8) is 0 Å². The maximum atomic E-state index is 4.81. The summed E-state index contributed by atoms with van der Waals surface area (Å²) >= 11 is 0. The molecule has 46 valence electrons. The Morgan fingerprint density at radius 3 is 2.75 bits per heavy atom. The summed E-state index contributed by atoms with van der Waals surface area (Å²) in [6.45, 7) is 6.31. The lowest BCUT2D eigenvalue weighted by atomic mass is 10.3. The lowest BCUT2D eigenvalue weighted by Crippen LogP contribution is -1.87. The van der Waals surface area contributed by atoms with E-state index in [0.29, 0.717) is 6.61 Å². The van der Waals surface area contributed by atoms with Crippen molar-refractivity contribution in [2.75, 3.05) is 13.7 Å². The van der Waals surface area contributed by atoms with E-state index < -0.39 is 0 Å². The van der Waals surface area contributed by atoms with Crippen molar-refractivity contribution in [3.05, 3.63) is 24.3 Å². The normalized spacial score (nSPS) is 10.2. The first kappa shape index (κ1) is 7.44. The molecule has 0 fully saturated rings. The van der Waals surface area contributed by atoms with Crippen LogP contribution < -0.4 is 0 Å². The minimum Gasteiger partial charge on any atom is -0.380 e. The third-order valence-corrected chi connectivity index (χ3v) is 0.732. The van der Waals surface area contributed by atoms with E-state index >= 15 is 0 Å². The molecule has 0 N–H and O–H groups in total. The fourth-order valence-corrected chi connectivity index (χ4v) is 0.469. The molecule has 0 aromatic carbocycles. The van der Waals surface area contributed by atoms with Crippen molar-refractivity contribution in [1.82, 2.24) is 0 Å². The molecule has 0 spiro atoms. The summed E-state index contributed by atoms with van der Waals surface area (Å²) in [5.41, 5.74) is 1.01. The standard InChI is InChI=1S/C7H12O/c1-4-5-7(2)6-8-3/h4-5H,2,6H2,1,3H3/b5-4-. The molecule has 0 amide bonds. The Morgan fingerprint density at radius 2 is 2.38 bits per heavy atom. The summed E-state index contributed by atoms with van der Waals surface area (Å²) < 4.78 is 4.81. The Balaban J connectivity index is 3.33. The van der Waals surface area contributed by atoms with Crippen LogP contribution in [0.4, 0.5) is 0 Å². The smallest absolute Gasteiger partial charge is 0.0707 e. The van der Waals surface area contributed by atoms with E-state index in [1.165, 1.54) is 0 Å². The molecule has 0 aromatic heterocycles. The zero-order valence-corrected chi connectivity index (χ0v) is 5.48. The van der Waals surface area contributed by atoms with Gasteiger partial charge in [-0.15, -0.1) is 0 Å². The van der Waals surface area contributed by atoms with Crippen molar-refractivity contribution < 1.29 is 4.74 Å². The molecule has 0 aliphatic carbocycles. The first-order valence-corrected chi connectivity index (χ1v) is 2.60. The molecule has 0 aromatic rings. The number of hydrogen-bond donors (Lipinski definition) is 0. The Labute approximate surface area is 50.7 Å². The highest BCUT2D eigenvalue weighted by Crippen LogP contribution is 1.90. The Hall–Kier alpha value is -0.560. The van der Waals surface area contributed by atoms with E-state index in [0.717, 1.165) is 5.57 Å². The molecule has 0 heterocycles. The molecule has 0 saturated carbocycles. The average molecular weight is 112 g/mol. The molecule has 0 aliphatic rings. The summed E-state index contributed by atoms with van der Waals surface area (Å²) in [5.74, 6) is 0. The van der Waals surface area contributed by atoms with Gasteiger partial charge in [-0.2, -0.15) is 0 Å². The zero-order chi connectivity index (χ0) is 6.41. The number of methoxy groups -OCH3 is 1. The second-order valence-electron chi connectivity index (χ2n) is 1.59. The van der Waals surface area contributed by atoms with Crippen LogP contribution in [0, 0.1) is 0 Å². The van der Waals surface area contributed by atoms with E-state index in [1.807, 2.05) is 19.1 Å². The Morgan fingerprint density at radius 1 is 1.75 bits per heavy atom. The molecule has 0 atom stereocenters. The minimum absolute atomic E-state index is 0.629. The van der Waals surface area contributed by atoms with Crippen molar-refractivity contribution in [2.24, 2.45) is 0 Å². The lowest BCUT2D eigenvalue weighted by Gasteiger charge is -1.93. The van der Waals surface area contributed by atoms with Gasteiger partial charge in [-0.1, -0.05) is 18.7 Å². The van der Waals surface area contributed by atoms with Crippen LogP contribution in [-0.2, 0) is 4.74 Å². The Kier molecular flexibility index (Phi) is 4.27. The maximum absolute atomic E-state index is 4.81. The number of allylic oxidation sites excluding steroid dienone is 1. The lowest BCUT2D eigenvalue weighted by molar-refractivity contribution is 0.228. The summed E-state index contributed by atoms with van der Waals surface area (Å²) in [6.07, 6.45) is 3.88. The van der Waals surface area contributed by atoms with E-state index in [2.05, 4.69) is 6.58 Å². The second kappa shape index (κ2) is 4.60. The van der Waals surface area contributed by atoms with Gasteiger partial charge < -0.3 is 4.74 Å². The van der Waals surface area contributed by atoms with Crippen molar-refractivity contribution >= 4 is 0 Å². The van der Waals surface area contributed by atoms with Gasteiger partial charge in [0.05, 0.1) is 6.61 Å². The van der Waals surface area contributed by atoms with E-state index in [-0.39, 0.29) is 0 Å². The molecule has 0 radical (unpaired) electrons. The Bertz CT molecular complexity index is 92.6. The zero-order valence-electron chi connectivity index (χ0n) is 5.48. The molecular formula is C7H12O. The molecule has 8 heavy (non-hydrogen) atoms. The topological polar surface area (TPSA) is 9.23 Å². The van der Waals surface area contributed by atoms with Crippen LogP contribution in [0.15, 0.2) is 24.3 Å². The summed E-state index contributed by atoms with van der Waals surface area (Å²) in [4.78, 5) is 0. The van der Waals surface area contributed by atoms with Gasteiger partial charge in [0.15, 0.2) is 0 Å². The predicted molar refractivity (Wildman–Crippen MR) is 35.8 cm³/mol. The largest absolute Gasteiger partial charge is 0.380 e. The molecule has 0 bridgehead atoms. The SMILES string of the molecule is C=C(/C=C\C)COC. The third kappa shape index (κ3) is 3.62. The van der Waals surface area contributed by atoms with E-state index in [4.69, 9.17) is 4.74 Å². The first-order valence-electron chi connectivity index (χ1n) is 2.60. The number of ether oxygens (including phenoxy) is 1. The predicted octanol–water partition coefficient (Wildman–Crippen LogP) is 1.77. The van der Waals surface area contributed by atoms with Gasteiger partial charge in [-0.25, -0.2) is 0 Å². The monoisotopic (exact) mass is 112 g/mol. The molecule has 0 rings (SSSR count). The summed E-state index contributed by atoms with van der Waals surface area (Å²) in [7, 11) is 1.66. The summed E-state index contributed by atoms with van der Waals surface area (Å²) in [6, 6.07) is 0. The number of rotatable bonds is 3. The van der Waals surface area contributed by atoms with Gasteiger partial charge in [0, 0.05) is 7.11 Å². The molecule has 1 heteroatoms. The average Bonchev–Trinajstić information content (AvgIpc) is 1.68. The van der Waals surface area contributed by atoms with Gasteiger partial charge in [0.1, 0.15) is 0 Å². The molecule has 0 unspecified atom stereocenters. The van der Waals surface area contributed by atoms with E-state index in [1.54, 1.807) is 7.11 Å². The van der Waals surface area contributed by atoms with Crippen LogP contribution in [-0.4, -0.2) is 13.7 Å². The van der Waals surface area contributed by atoms with Crippen LogP contribution in [0.25, 0.3) is 0 Å². The van der Waals surface area contributed by atoms with Crippen molar-refractivity contribution in [3.8, 4) is 0 Å². The van der Waals surface area contributed by atoms with Crippen LogP contribution >= 0.6 is 0 Å². The van der Waals surface area contributed by atoms with Crippen LogP contribution in [0.2, 0.25) is 0 Å². The fraction of sp³-hybridized carbons (Fsp3) is 0.429. The molecule has 0 aliphatic heterocycles. The molecular weight excluding hydrogens is 100 g/mol. The van der Waals surface area contributed by atoms with Crippen molar-refractivity contribution in [1.29, 1.82) is 0 Å². The first-order chi connectivity index (χ1) is 3.81. The minimum atomic E-state index is 0.629. The van der Waals surface area contributed by atoms with Gasteiger partial charge in [-0.05, 0) is 12.5 Å². The molecule has 1 nitrogen and oxygen atoms in total. The van der Waals surface area contributed by atoms with Gasteiger partial charge in [0.25, 0.3) is 0 Å². The molecule has 0 saturated heterocycles. The van der Waals surface area contributed by atoms with Crippen LogP contribution in [0.5, 0.6) is 0 Å². The number of hydrogen-bond acceptors (Lipinski definition) is 1. The fourth-order valence-electron chi connectivity index (χ4n) is 0.469. The van der Waals surface area contributed by atoms with Crippen molar-refractivity contribution in [2.45, 2.75) is 6.92 Å². The maximum Gasteiger partial charge on any atom is 0.0707 e.